The number of benzene rings is 1. The molecule has 15 heavy (non-hydrogen) atoms. The summed E-state index contributed by atoms with van der Waals surface area (Å²) in [6.07, 6.45) is 1.73. The van der Waals surface area contributed by atoms with E-state index in [0.29, 0.717) is 19.9 Å². The molecule has 0 saturated carbocycles. The van der Waals surface area contributed by atoms with E-state index >= 15 is 0 Å². The minimum Gasteiger partial charge on any atom is -0.491 e. The van der Waals surface area contributed by atoms with Crippen molar-refractivity contribution < 1.29 is 9.47 Å². The lowest BCUT2D eigenvalue weighted by atomic mass is 10.2. The smallest absolute Gasteiger partial charge is 0.120 e. The highest BCUT2D eigenvalue weighted by Gasteiger charge is 1.94. The van der Waals surface area contributed by atoms with Crippen LogP contribution in [0.15, 0.2) is 29.3 Å². The van der Waals surface area contributed by atoms with Crippen molar-refractivity contribution in [2.75, 3.05) is 27.0 Å². The Bertz CT molecular complexity index is 313. The van der Waals surface area contributed by atoms with Crippen LogP contribution in [-0.2, 0) is 4.74 Å². The maximum Gasteiger partial charge on any atom is 0.120 e. The summed E-state index contributed by atoms with van der Waals surface area (Å²) >= 11 is 0. The number of aliphatic imine (C=N–C) groups is 1. The lowest BCUT2D eigenvalue weighted by molar-refractivity contribution is 0.146. The van der Waals surface area contributed by atoms with E-state index in [1.54, 1.807) is 13.3 Å². The Morgan fingerprint density at radius 3 is 3.00 bits per heavy atom. The molecule has 0 aliphatic rings. The Balaban J connectivity index is 2.53. The molecule has 2 N–H and O–H groups in total. The van der Waals surface area contributed by atoms with Crippen molar-refractivity contribution in [3.63, 3.8) is 0 Å². The van der Waals surface area contributed by atoms with E-state index in [4.69, 9.17) is 15.2 Å². The van der Waals surface area contributed by atoms with Crippen molar-refractivity contribution in [1.29, 1.82) is 0 Å². The molecular formula is C11H16N2O2. The van der Waals surface area contributed by atoms with Gasteiger partial charge >= 0.3 is 0 Å². The summed E-state index contributed by atoms with van der Waals surface area (Å²) in [5, 5.41) is 0. The van der Waals surface area contributed by atoms with Gasteiger partial charge in [-0.3, -0.25) is 4.99 Å². The van der Waals surface area contributed by atoms with Crippen LogP contribution in [-0.4, -0.2) is 33.2 Å². The van der Waals surface area contributed by atoms with Crippen molar-refractivity contribution in [2.45, 2.75) is 0 Å². The van der Waals surface area contributed by atoms with Crippen molar-refractivity contribution in [3.05, 3.63) is 29.8 Å². The molecule has 0 saturated heterocycles. The molecule has 0 amide bonds. The first kappa shape index (κ1) is 11.7. The molecule has 0 aliphatic carbocycles. The van der Waals surface area contributed by atoms with Crippen LogP contribution in [0.4, 0.5) is 0 Å². The van der Waals surface area contributed by atoms with Gasteiger partial charge in [0, 0.05) is 13.3 Å². The van der Waals surface area contributed by atoms with Crippen molar-refractivity contribution in [1.82, 2.24) is 0 Å². The largest absolute Gasteiger partial charge is 0.491 e. The van der Waals surface area contributed by atoms with E-state index in [1.165, 1.54) is 0 Å². The van der Waals surface area contributed by atoms with Crippen molar-refractivity contribution in [2.24, 2.45) is 10.7 Å². The maximum atomic E-state index is 5.45. The predicted molar refractivity (Wildman–Crippen MR) is 60.5 cm³/mol. The van der Waals surface area contributed by atoms with Crippen molar-refractivity contribution >= 4 is 6.21 Å². The number of methoxy groups -OCH3 is 1. The molecule has 0 unspecified atom stereocenters. The zero-order valence-corrected chi connectivity index (χ0v) is 8.85. The van der Waals surface area contributed by atoms with Crippen LogP contribution in [0, 0.1) is 0 Å². The molecule has 0 radical (unpaired) electrons. The third kappa shape index (κ3) is 4.58. The van der Waals surface area contributed by atoms with Gasteiger partial charge in [0.1, 0.15) is 12.4 Å². The van der Waals surface area contributed by atoms with Crippen LogP contribution in [0.25, 0.3) is 0 Å². The van der Waals surface area contributed by atoms with Gasteiger partial charge in [0.2, 0.25) is 0 Å². The standard InChI is InChI=1S/C11H16N2O2/c1-14-5-6-15-11-4-2-3-10(7-11)8-13-9-12/h2-4,7-8H,5-6,9,12H2,1H3/b13-8+. The summed E-state index contributed by atoms with van der Waals surface area (Å²) in [5.41, 5.74) is 6.25. The van der Waals surface area contributed by atoms with Crippen LogP contribution in [0.2, 0.25) is 0 Å². The molecule has 1 rings (SSSR count). The molecule has 0 spiro atoms. The first-order valence-corrected chi connectivity index (χ1v) is 4.78. The van der Waals surface area contributed by atoms with Gasteiger partial charge in [0.25, 0.3) is 0 Å². The van der Waals surface area contributed by atoms with Crippen LogP contribution in [0.1, 0.15) is 5.56 Å². The van der Waals surface area contributed by atoms with Crippen LogP contribution >= 0.6 is 0 Å². The molecule has 1 aromatic rings. The summed E-state index contributed by atoms with van der Waals surface area (Å²) in [7, 11) is 1.65. The first-order valence-electron chi connectivity index (χ1n) is 4.78. The maximum absolute atomic E-state index is 5.45. The summed E-state index contributed by atoms with van der Waals surface area (Å²) in [6.45, 7) is 1.43. The van der Waals surface area contributed by atoms with Crippen LogP contribution in [0.5, 0.6) is 5.75 Å². The number of rotatable bonds is 6. The summed E-state index contributed by atoms with van der Waals surface area (Å²) in [6, 6.07) is 7.67. The highest BCUT2D eigenvalue weighted by Crippen LogP contribution is 2.11. The molecule has 4 heteroatoms. The predicted octanol–water partition coefficient (Wildman–Crippen LogP) is 1.05. The number of hydrogen-bond acceptors (Lipinski definition) is 4. The van der Waals surface area contributed by atoms with Gasteiger partial charge in [0.05, 0.1) is 13.3 Å². The van der Waals surface area contributed by atoms with E-state index in [-0.39, 0.29) is 0 Å². The van der Waals surface area contributed by atoms with Gasteiger partial charge in [-0.25, -0.2) is 0 Å². The molecule has 0 aliphatic heterocycles. The molecular weight excluding hydrogens is 192 g/mol. The molecule has 0 aromatic heterocycles. The summed E-state index contributed by atoms with van der Waals surface area (Å²) in [4.78, 5) is 3.95. The van der Waals surface area contributed by atoms with E-state index in [0.717, 1.165) is 11.3 Å². The van der Waals surface area contributed by atoms with Gasteiger partial charge in [-0.1, -0.05) is 12.1 Å². The zero-order chi connectivity index (χ0) is 10.9. The molecule has 1 aromatic carbocycles. The summed E-state index contributed by atoms with van der Waals surface area (Å²) < 4.78 is 10.3. The normalized spacial score (nSPS) is 10.8. The van der Waals surface area contributed by atoms with Crippen LogP contribution < -0.4 is 10.5 Å². The van der Waals surface area contributed by atoms with Gasteiger partial charge in [-0.2, -0.15) is 0 Å². The Morgan fingerprint density at radius 1 is 1.40 bits per heavy atom. The Hall–Kier alpha value is -1.39. The summed E-state index contributed by atoms with van der Waals surface area (Å²) in [5.74, 6) is 0.813. The first-order chi connectivity index (χ1) is 7.36. The number of ether oxygens (including phenoxy) is 2. The number of hydrogen-bond donors (Lipinski definition) is 1. The fourth-order valence-corrected chi connectivity index (χ4v) is 1.09. The Kier molecular flexibility index (Phi) is 5.43. The van der Waals surface area contributed by atoms with E-state index in [9.17, 15) is 0 Å². The Labute approximate surface area is 89.7 Å². The Morgan fingerprint density at radius 2 is 2.27 bits per heavy atom. The third-order valence-electron chi connectivity index (χ3n) is 1.76. The third-order valence-corrected chi connectivity index (χ3v) is 1.76. The zero-order valence-electron chi connectivity index (χ0n) is 8.85. The second-order valence-corrected chi connectivity index (χ2v) is 2.91. The van der Waals surface area contributed by atoms with E-state index in [1.807, 2.05) is 24.3 Å². The van der Waals surface area contributed by atoms with Gasteiger partial charge < -0.3 is 15.2 Å². The second kappa shape index (κ2) is 6.98. The minimum atomic E-state index is 0.300. The quantitative estimate of drug-likeness (QED) is 0.561. The lowest BCUT2D eigenvalue weighted by Crippen LogP contribution is -2.04. The fraction of sp³-hybridized carbons (Fsp3) is 0.364. The SMILES string of the molecule is COCCOc1cccc(/C=N/CN)c1. The van der Waals surface area contributed by atoms with Crippen molar-refractivity contribution in [3.8, 4) is 5.75 Å². The average Bonchev–Trinajstić information content (AvgIpc) is 2.27. The van der Waals surface area contributed by atoms with E-state index in [2.05, 4.69) is 4.99 Å². The molecule has 0 fully saturated rings. The molecule has 0 bridgehead atoms. The van der Waals surface area contributed by atoms with Gasteiger partial charge in [0.15, 0.2) is 0 Å². The monoisotopic (exact) mass is 208 g/mol. The second-order valence-electron chi connectivity index (χ2n) is 2.91. The fourth-order valence-electron chi connectivity index (χ4n) is 1.09. The molecule has 4 nitrogen and oxygen atoms in total. The molecule has 0 heterocycles. The van der Waals surface area contributed by atoms with Gasteiger partial charge in [-0.05, 0) is 17.7 Å². The molecule has 82 valence electrons. The number of nitrogens with zero attached hydrogens (tertiary/aromatic N) is 1. The minimum absolute atomic E-state index is 0.300. The topological polar surface area (TPSA) is 56.8 Å². The number of nitrogens with two attached hydrogens (primary N) is 1. The lowest BCUT2D eigenvalue weighted by Gasteiger charge is -2.05. The van der Waals surface area contributed by atoms with Crippen LogP contribution in [0.3, 0.4) is 0 Å². The highest BCUT2D eigenvalue weighted by molar-refractivity contribution is 5.80. The molecule has 0 atom stereocenters. The van der Waals surface area contributed by atoms with E-state index < -0.39 is 0 Å². The van der Waals surface area contributed by atoms with Gasteiger partial charge in [-0.15, -0.1) is 0 Å². The highest BCUT2D eigenvalue weighted by atomic mass is 16.5. The average molecular weight is 208 g/mol.